The predicted octanol–water partition coefficient (Wildman–Crippen LogP) is 0.971. The van der Waals surface area contributed by atoms with Gasteiger partial charge in [0.2, 0.25) is 5.78 Å². The number of benzene rings is 1. The zero-order valence-corrected chi connectivity index (χ0v) is 24.3. The second-order valence-corrected chi connectivity index (χ2v) is 12.3. The number of amides is 1. The summed E-state index contributed by atoms with van der Waals surface area (Å²) in [5.41, 5.74) is 2.93. The van der Waals surface area contributed by atoms with Crippen LogP contribution in [0.3, 0.4) is 0 Å². The van der Waals surface area contributed by atoms with Crippen molar-refractivity contribution in [3.8, 4) is 17.1 Å². The normalized spacial score (nSPS) is 28.3. The van der Waals surface area contributed by atoms with Gasteiger partial charge in [0, 0.05) is 43.2 Å². The molecule has 1 aromatic carbocycles. The van der Waals surface area contributed by atoms with Gasteiger partial charge in [0.15, 0.2) is 11.4 Å². The Hall–Kier alpha value is -3.97. The molecule has 0 spiro atoms. The van der Waals surface area contributed by atoms with Crippen LogP contribution in [0.25, 0.3) is 17.1 Å². The fourth-order valence-electron chi connectivity index (χ4n) is 7.31. The van der Waals surface area contributed by atoms with Gasteiger partial charge in [-0.3, -0.25) is 24.2 Å². The van der Waals surface area contributed by atoms with E-state index in [1.807, 2.05) is 12.1 Å². The molecule has 1 amide bonds. The highest BCUT2D eigenvalue weighted by Gasteiger charge is 2.64. The number of aliphatic hydroxyl groups excluding tert-OH is 2. The van der Waals surface area contributed by atoms with Crippen LogP contribution < -0.4 is 5.73 Å². The van der Waals surface area contributed by atoms with Crippen LogP contribution in [0.4, 0.5) is 0 Å². The summed E-state index contributed by atoms with van der Waals surface area (Å²) < 4.78 is 6.23. The van der Waals surface area contributed by atoms with E-state index in [0.717, 1.165) is 31.9 Å². The largest absolute Gasteiger partial charge is 0.508 e. The maximum atomic E-state index is 14.0. The number of nitrogens with two attached hydrogens (primary N) is 1. The Kier molecular flexibility index (Phi) is 7.00. The second kappa shape index (κ2) is 10.3. The van der Waals surface area contributed by atoms with E-state index >= 15 is 0 Å². The fourth-order valence-corrected chi connectivity index (χ4v) is 7.31. The molecule has 0 radical (unpaired) electrons. The van der Waals surface area contributed by atoms with Gasteiger partial charge in [0.1, 0.15) is 34.4 Å². The standard InChI is InChI=1S/C31H36N4O8/c1-33(2)25-19-13-15-12-18-17(21-7-4-16(43-21)14-35-10-8-34(3)9-11-35)5-6-20(36)23(18)26(37)22(15)28(39)31(19,42)29(40)24(27(25)38)30(32)41/h4-7,15,19,25,36-37,40,42H,8-14H2,1-3H3,(H2,32,41)/t15-,19-,25-,31-/m1/s1. The smallest absolute Gasteiger partial charge is 0.255 e. The molecule has 1 aliphatic heterocycles. The summed E-state index contributed by atoms with van der Waals surface area (Å²) in [5, 5.41) is 45.1. The highest BCUT2D eigenvalue weighted by atomic mass is 16.4. The summed E-state index contributed by atoms with van der Waals surface area (Å²) in [7, 11) is 5.23. The maximum absolute atomic E-state index is 14.0. The zero-order chi connectivity index (χ0) is 31.0. The minimum atomic E-state index is -2.67. The number of furan rings is 1. The number of fused-ring (bicyclic) bond motifs is 3. The van der Waals surface area contributed by atoms with Crippen LogP contribution in [0, 0.1) is 11.8 Å². The number of Topliss-reactive ketones (excluding diaryl/α,β-unsaturated/α-hetero) is 2. The molecule has 43 heavy (non-hydrogen) atoms. The molecule has 4 aliphatic rings. The number of aliphatic hydroxyl groups is 3. The summed E-state index contributed by atoms with van der Waals surface area (Å²) in [5.74, 6) is -5.47. The van der Waals surface area contributed by atoms with Crippen molar-refractivity contribution in [1.82, 2.24) is 14.7 Å². The average molecular weight is 593 g/mol. The van der Waals surface area contributed by atoms with Crippen LogP contribution in [-0.2, 0) is 27.3 Å². The first-order valence-electron chi connectivity index (χ1n) is 14.3. The quantitative estimate of drug-likeness (QED) is 0.312. The molecular formula is C31H36N4O8. The monoisotopic (exact) mass is 592 g/mol. The predicted molar refractivity (Wildman–Crippen MR) is 155 cm³/mol. The number of hydrogen-bond donors (Lipinski definition) is 5. The molecule has 1 saturated heterocycles. The highest BCUT2D eigenvalue weighted by molar-refractivity contribution is 6.24. The lowest BCUT2D eigenvalue weighted by atomic mass is 9.57. The highest BCUT2D eigenvalue weighted by Crippen LogP contribution is 2.53. The van der Waals surface area contributed by atoms with E-state index in [-0.39, 0.29) is 29.7 Å². The second-order valence-electron chi connectivity index (χ2n) is 12.3. The van der Waals surface area contributed by atoms with E-state index in [1.54, 1.807) is 20.2 Å². The van der Waals surface area contributed by atoms with Gasteiger partial charge in [-0.15, -0.1) is 0 Å². The van der Waals surface area contributed by atoms with Crippen molar-refractivity contribution < 1.29 is 39.2 Å². The van der Waals surface area contributed by atoms with Crippen molar-refractivity contribution in [2.75, 3.05) is 47.3 Å². The van der Waals surface area contributed by atoms with Gasteiger partial charge in [0.25, 0.3) is 5.91 Å². The number of phenols is 1. The Morgan fingerprint density at radius 1 is 1.09 bits per heavy atom. The van der Waals surface area contributed by atoms with Crippen molar-refractivity contribution in [3.63, 3.8) is 0 Å². The molecule has 0 bridgehead atoms. The van der Waals surface area contributed by atoms with E-state index in [9.17, 15) is 34.8 Å². The minimum Gasteiger partial charge on any atom is -0.508 e. The van der Waals surface area contributed by atoms with Crippen LogP contribution in [-0.4, -0.2) is 112 Å². The number of ketones is 2. The number of rotatable bonds is 5. The number of piperazine rings is 1. The number of primary amides is 1. The molecule has 3 aliphatic carbocycles. The van der Waals surface area contributed by atoms with E-state index in [0.29, 0.717) is 23.4 Å². The number of likely N-dealkylation sites (N-methyl/N-ethyl adjacent to an activating group) is 2. The molecule has 12 nitrogen and oxygen atoms in total. The number of phenolic OH excluding ortho intramolecular Hbond substituents is 1. The van der Waals surface area contributed by atoms with Crippen molar-refractivity contribution in [2.24, 2.45) is 17.6 Å². The third kappa shape index (κ3) is 4.39. The minimum absolute atomic E-state index is 0.0215. The Morgan fingerprint density at radius 3 is 2.44 bits per heavy atom. The van der Waals surface area contributed by atoms with Gasteiger partial charge < -0.3 is 35.5 Å². The molecule has 4 atom stereocenters. The topological polar surface area (TPSA) is 181 Å². The first-order valence-corrected chi connectivity index (χ1v) is 14.3. The summed E-state index contributed by atoms with van der Waals surface area (Å²) in [6.45, 7) is 4.44. The Balaban J connectivity index is 1.42. The first kappa shape index (κ1) is 29.1. The molecule has 0 unspecified atom stereocenters. The van der Waals surface area contributed by atoms with Crippen molar-refractivity contribution in [2.45, 2.75) is 31.0 Å². The van der Waals surface area contributed by atoms with Crippen LogP contribution in [0.1, 0.15) is 23.3 Å². The summed E-state index contributed by atoms with van der Waals surface area (Å²) in [4.78, 5) is 45.5. The molecular weight excluding hydrogens is 556 g/mol. The number of nitrogens with zero attached hydrogens (tertiary/aromatic N) is 3. The van der Waals surface area contributed by atoms with Crippen LogP contribution >= 0.6 is 0 Å². The molecule has 12 heteroatoms. The average Bonchev–Trinajstić information content (AvgIpc) is 3.40. The van der Waals surface area contributed by atoms with E-state index in [1.165, 1.54) is 11.0 Å². The molecule has 6 N–H and O–H groups in total. The van der Waals surface area contributed by atoms with Gasteiger partial charge >= 0.3 is 0 Å². The number of carbonyl (C=O) groups excluding carboxylic acids is 3. The number of hydrogen-bond acceptors (Lipinski definition) is 11. The molecule has 6 rings (SSSR count). The molecule has 1 aromatic heterocycles. The SMILES string of the molecule is CN1CCN(Cc2ccc(-c3ccc(O)c4c3C[C@@H]3C[C@@H]5[C@@H](N(C)C)C(=O)C(C(N)=O)=C(O)[C@]5(O)C(=O)C3=C4O)o2)CC1. The first-order chi connectivity index (χ1) is 20.3. The van der Waals surface area contributed by atoms with Gasteiger partial charge in [-0.1, -0.05) is 0 Å². The number of carbonyl (C=O) groups is 3. The van der Waals surface area contributed by atoms with Gasteiger partial charge in [-0.2, -0.15) is 0 Å². The third-order valence-electron chi connectivity index (χ3n) is 9.51. The molecule has 2 heterocycles. The van der Waals surface area contributed by atoms with Crippen LogP contribution in [0.15, 0.2) is 45.6 Å². The maximum Gasteiger partial charge on any atom is 0.255 e. The van der Waals surface area contributed by atoms with Crippen molar-refractivity contribution in [3.05, 3.63) is 58.1 Å². The molecule has 228 valence electrons. The Labute approximate surface area is 248 Å². The van der Waals surface area contributed by atoms with Crippen molar-refractivity contribution in [1.29, 1.82) is 0 Å². The molecule has 1 saturated carbocycles. The molecule has 2 fully saturated rings. The lowest BCUT2D eigenvalue weighted by molar-refractivity contribution is -0.153. The van der Waals surface area contributed by atoms with E-state index in [4.69, 9.17) is 10.2 Å². The summed E-state index contributed by atoms with van der Waals surface area (Å²) in [6.07, 6.45) is 0.209. The Bertz CT molecular complexity index is 1600. The summed E-state index contributed by atoms with van der Waals surface area (Å²) in [6, 6.07) is 5.72. The number of aromatic hydroxyl groups is 1. The Morgan fingerprint density at radius 2 is 1.79 bits per heavy atom. The molecule has 2 aromatic rings. The fraction of sp³-hybridized carbons (Fsp3) is 0.452. The van der Waals surface area contributed by atoms with Gasteiger partial charge in [-0.25, -0.2) is 0 Å². The third-order valence-corrected chi connectivity index (χ3v) is 9.51. The van der Waals surface area contributed by atoms with Crippen LogP contribution in [0.2, 0.25) is 0 Å². The van der Waals surface area contributed by atoms with Gasteiger partial charge in [0.05, 0.1) is 18.2 Å². The van der Waals surface area contributed by atoms with Crippen LogP contribution in [0.5, 0.6) is 5.75 Å². The van der Waals surface area contributed by atoms with E-state index in [2.05, 4.69) is 16.8 Å². The summed E-state index contributed by atoms with van der Waals surface area (Å²) >= 11 is 0. The van der Waals surface area contributed by atoms with Gasteiger partial charge in [-0.05, 0) is 69.7 Å². The zero-order valence-electron chi connectivity index (χ0n) is 24.3. The lowest BCUT2D eigenvalue weighted by Gasteiger charge is -2.50. The van der Waals surface area contributed by atoms with Crippen molar-refractivity contribution >= 4 is 23.2 Å². The lowest BCUT2D eigenvalue weighted by Crippen LogP contribution is -2.65. The van der Waals surface area contributed by atoms with E-state index < -0.39 is 58.0 Å².